The van der Waals surface area contributed by atoms with Gasteiger partial charge in [-0.25, -0.2) is 9.37 Å². The number of fused-ring (bicyclic) bond motifs is 1. The summed E-state index contributed by atoms with van der Waals surface area (Å²) in [6, 6.07) is 7.53. The van der Waals surface area contributed by atoms with Gasteiger partial charge in [-0.1, -0.05) is 20.8 Å². The summed E-state index contributed by atoms with van der Waals surface area (Å²) in [5.74, 6) is -0.592. The number of hydrogen-bond acceptors (Lipinski definition) is 3. The molecule has 1 aromatic heterocycles. The van der Waals surface area contributed by atoms with E-state index in [-0.39, 0.29) is 36.1 Å². The Labute approximate surface area is 188 Å². The second-order valence-electron chi connectivity index (χ2n) is 9.52. The number of carbonyl (C=O) groups is 1. The third kappa shape index (κ3) is 4.28. The number of rotatable bonds is 5. The van der Waals surface area contributed by atoms with Crippen LogP contribution >= 0.6 is 0 Å². The van der Waals surface area contributed by atoms with E-state index in [0.29, 0.717) is 28.0 Å². The lowest BCUT2D eigenvalue weighted by Crippen LogP contribution is -2.29. The van der Waals surface area contributed by atoms with Crippen LogP contribution in [0, 0.1) is 5.82 Å². The predicted octanol–water partition coefficient (Wildman–Crippen LogP) is 5.78. The molecule has 3 aromatic rings. The lowest BCUT2D eigenvalue weighted by atomic mass is 9.85. The number of hydrogen-bond donors (Lipinski definition) is 2. The number of H-pyrrole nitrogens is 1. The molecule has 2 aromatic carbocycles. The number of carbonyl (C=O) groups excluding carboxylic acids is 1. The standard InChI is InChI=1S/C24H25F4N3O2/c1-22(2,3)15-12-16(25)13(9-19(15)33-4)10-20(32)29-14-5-6-17-18(11-14)31-21(30-17)23(7-8-23)24(26,27)28/h5-6,9,11-12H,7-8,10H2,1-4H3,(H,29,32)(H,30,31). The second-order valence-corrected chi connectivity index (χ2v) is 9.52. The summed E-state index contributed by atoms with van der Waals surface area (Å²) in [6.07, 6.45) is -4.59. The number of alkyl halides is 3. The molecule has 176 valence electrons. The molecule has 0 atom stereocenters. The maximum Gasteiger partial charge on any atom is 0.401 e. The van der Waals surface area contributed by atoms with Crippen molar-refractivity contribution < 1.29 is 27.1 Å². The molecule has 1 aliphatic rings. The molecular formula is C24H25F4N3O2. The van der Waals surface area contributed by atoms with E-state index in [1.807, 2.05) is 20.8 Å². The van der Waals surface area contributed by atoms with Gasteiger partial charge in [-0.3, -0.25) is 4.79 Å². The molecule has 1 heterocycles. The molecule has 5 nitrogen and oxygen atoms in total. The number of amides is 1. The zero-order valence-corrected chi connectivity index (χ0v) is 18.8. The van der Waals surface area contributed by atoms with Crippen LogP contribution in [0.3, 0.4) is 0 Å². The lowest BCUT2D eigenvalue weighted by Gasteiger charge is -2.23. The van der Waals surface area contributed by atoms with Gasteiger partial charge in [0, 0.05) is 16.8 Å². The smallest absolute Gasteiger partial charge is 0.401 e. The third-order valence-electron chi connectivity index (χ3n) is 6.04. The lowest BCUT2D eigenvalue weighted by molar-refractivity contribution is -0.162. The zero-order valence-electron chi connectivity index (χ0n) is 18.8. The van der Waals surface area contributed by atoms with Crippen LogP contribution in [0.1, 0.15) is 50.6 Å². The summed E-state index contributed by atoms with van der Waals surface area (Å²) in [5, 5.41) is 2.66. The predicted molar refractivity (Wildman–Crippen MR) is 117 cm³/mol. The van der Waals surface area contributed by atoms with E-state index in [0.717, 1.165) is 0 Å². The van der Waals surface area contributed by atoms with Crippen LogP contribution in [0.15, 0.2) is 30.3 Å². The molecule has 1 aliphatic carbocycles. The fourth-order valence-electron chi connectivity index (χ4n) is 3.95. The molecule has 0 unspecified atom stereocenters. The number of methoxy groups -OCH3 is 1. The van der Waals surface area contributed by atoms with Crippen molar-refractivity contribution in [1.82, 2.24) is 9.97 Å². The molecule has 1 saturated carbocycles. The highest BCUT2D eigenvalue weighted by molar-refractivity contribution is 5.94. The number of halogens is 4. The van der Waals surface area contributed by atoms with Crippen molar-refractivity contribution >= 4 is 22.6 Å². The van der Waals surface area contributed by atoms with Crippen molar-refractivity contribution in [2.45, 2.75) is 57.0 Å². The molecule has 2 N–H and O–H groups in total. The quantitative estimate of drug-likeness (QED) is 0.471. The minimum atomic E-state index is -4.37. The first-order valence-corrected chi connectivity index (χ1v) is 10.6. The highest BCUT2D eigenvalue weighted by Gasteiger charge is 2.66. The third-order valence-corrected chi connectivity index (χ3v) is 6.04. The van der Waals surface area contributed by atoms with Crippen LogP contribution in [-0.2, 0) is 22.0 Å². The van der Waals surface area contributed by atoms with Gasteiger partial charge in [0.25, 0.3) is 0 Å². The summed E-state index contributed by atoms with van der Waals surface area (Å²) in [7, 11) is 1.49. The van der Waals surface area contributed by atoms with Crippen molar-refractivity contribution in [3.05, 3.63) is 53.1 Å². The van der Waals surface area contributed by atoms with Crippen LogP contribution in [0.4, 0.5) is 23.2 Å². The van der Waals surface area contributed by atoms with E-state index >= 15 is 0 Å². The Morgan fingerprint density at radius 1 is 1.18 bits per heavy atom. The topological polar surface area (TPSA) is 67.0 Å². The normalized spacial score (nSPS) is 15.5. The number of imidazole rings is 1. The highest BCUT2D eigenvalue weighted by atomic mass is 19.4. The highest BCUT2D eigenvalue weighted by Crippen LogP contribution is 2.58. The summed E-state index contributed by atoms with van der Waals surface area (Å²) in [4.78, 5) is 19.4. The zero-order chi connectivity index (χ0) is 24.2. The number of nitrogens with one attached hydrogen (secondary N) is 2. The summed E-state index contributed by atoms with van der Waals surface area (Å²) in [6.45, 7) is 5.81. The molecule has 0 bridgehead atoms. The van der Waals surface area contributed by atoms with E-state index in [1.54, 1.807) is 12.1 Å². The van der Waals surface area contributed by atoms with Gasteiger partial charge in [-0.2, -0.15) is 13.2 Å². The van der Waals surface area contributed by atoms with E-state index in [1.165, 1.54) is 25.3 Å². The van der Waals surface area contributed by atoms with Crippen LogP contribution < -0.4 is 10.1 Å². The van der Waals surface area contributed by atoms with Crippen molar-refractivity contribution in [2.75, 3.05) is 12.4 Å². The molecule has 33 heavy (non-hydrogen) atoms. The van der Waals surface area contributed by atoms with E-state index in [4.69, 9.17) is 4.74 Å². The Morgan fingerprint density at radius 2 is 1.88 bits per heavy atom. The number of aromatic nitrogens is 2. The van der Waals surface area contributed by atoms with Gasteiger partial charge in [0.05, 0.1) is 24.6 Å². The first kappa shape index (κ1) is 23.1. The SMILES string of the molecule is COc1cc(CC(=O)Nc2ccc3[nH]c(C4(C(F)(F)F)CC4)nc3c2)c(F)cc1C(C)(C)C. The number of benzene rings is 2. The number of aromatic amines is 1. The molecule has 0 aliphatic heterocycles. The van der Waals surface area contributed by atoms with Crippen LogP contribution in [0.2, 0.25) is 0 Å². The van der Waals surface area contributed by atoms with E-state index in [9.17, 15) is 22.4 Å². The number of ether oxygens (including phenoxy) is 1. The summed E-state index contributed by atoms with van der Waals surface area (Å²) >= 11 is 0. The van der Waals surface area contributed by atoms with Gasteiger partial charge in [0.2, 0.25) is 5.91 Å². The van der Waals surface area contributed by atoms with Gasteiger partial charge >= 0.3 is 6.18 Å². The average molecular weight is 463 g/mol. The number of nitrogens with zero attached hydrogens (tertiary/aromatic N) is 1. The van der Waals surface area contributed by atoms with Crippen LogP contribution in [-0.4, -0.2) is 29.2 Å². The first-order chi connectivity index (χ1) is 15.3. The van der Waals surface area contributed by atoms with Gasteiger partial charge < -0.3 is 15.0 Å². The van der Waals surface area contributed by atoms with Crippen LogP contribution in [0.5, 0.6) is 5.75 Å². The Bertz CT molecular complexity index is 1220. The fourth-order valence-corrected chi connectivity index (χ4v) is 3.95. The second kappa shape index (κ2) is 7.74. The van der Waals surface area contributed by atoms with Crippen molar-refractivity contribution in [2.24, 2.45) is 0 Å². The van der Waals surface area contributed by atoms with Gasteiger partial charge in [-0.15, -0.1) is 0 Å². The summed E-state index contributed by atoms with van der Waals surface area (Å²) in [5.41, 5.74) is -0.241. The molecule has 0 spiro atoms. The molecule has 9 heteroatoms. The molecular weight excluding hydrogens is 438 g/mol. The van der Waals surface area contributed by atoms with Crippen molar-refractivity contribution in [3.63, 3.8) is 0 Å². The maximum atomic E-state index is 14.7. The van der Waals surface area contributed by atoms with Gasteiger partial charge in [0.15, 0.2) is 0 Å². The summed E-state index contributed by atoms with van der Waals surface area (Å²) < 4.78 is 60.2. The largest absolute Gasteiger partial charge is 0.496 e. The average Bonchev–Trinajstić information content (AvgIpc) is 3.43. The molecule has 0 saturated heterocycles. The Morgan fingerprint density at radius 3 is 2.45 bits per heavy atom. The van der Waals surface area contributed by atoms with Gasteiger partial charge in [-0.05, 0) is 48.6 Å². The minimum absolute atomic E-state index is 0.00292. The van der Waals surface area contributed by atoms with Gasteiger partial charge in [0.1, 0.15) is 22.8 Å². The minimum Gasteiger partial charge on any atom is -0.496 e. The van der Waals surface area contributed by atoms with Crippen LogP contribution in [0.25, 0.3) is 11.0 Å². The first-order valence-electron chi connectivity index (χ1n) is 10.6. The Kier molecular flexibility index (Phi) is 5.41. The monoisotopic (exact) mass is 463 g/mol. The molecule has 1 amide bonds. The Hall–Kier alpha value is -3.10. The number of anilines is 1. The van der Waals surface area contributed by atoms with E-state index < -0.39 is 23.3 Å². The molecule has 4 rings (SSSR count). The van der Waals surface area contributed by atoms with Crippen molar-refractivity contribution in [3.8, 4) is 5.75 Å². The maximum absolute atomic E-state index is 14.7. The molecule has 0 radical (unpaired) electrons. The Balaban J connectivity index is 1.53. The molecule has 1 fully saturated rings. The van der Waals surface area contributed by atoms with Crippen molar-refractivity contribution in [1.29, 1.82) is 0 Å². The van der Waals surface area contributed by atoms with E-state index in [2.05, 4.69) is 15.3 Å². The fraction of sp³-hybridized carbons (Fsp3) is 0.417.